The summed E-state index contributed by atoms with van der Waals surface area (Å²) in [6.07, 6.45) is 1.78. The Hall–Kier alpha value is -1.19. The van der Waals surface area contributed by atoms with Gasteiger partial charge in [0.1, 0.15) is 5.82 Å². The maximum atomic E-state index is 13.0. The lowest BCUT2D eigenvalue weighted by atomic mass is 9.96. The predicted molar refractivity (Wildman–Crippen MR) is 65.2 cm³/mol. The zero-order valence-corrected chi connectivity index (χ0v) is 9.89. The van der Waals surface area contributed by atoms with Crippen LogP contribution in [0.5, 0.6) is 0 Å². The highest BCUT2D eigenvalue weighted by Crippen LogP contribution is 2.23. The van der Waals surface area contributed by atoms with Crippen LogP contribution in [0.1, 0.15) is 36.9 Å². The first-order valence-electron chi connectivity index (χ1n) is 5.41. The smallest absolute Gasteiger partial charge is 0.123 e. The van der Waals surface area contributed by atoms with Gasteiger partial charge in [0, 0.05) is 6.04 Å². The van der Waals surface area contributed by atoms with Gasteiger partial charge in [-0.2, -0.15) is 0 Å². The van der Waals surface area contributed by atoms with Crippen molar-refractivity contribution >= 4 is 0 Å². The third-order valence-electron chi connectivity index (χ3n) is 2.67. The predicted octanol–water partition coefficient (Wildman–Crippen LogP) is 2.99. The Morgan fingerprint density at radius 1 is 1.56 bits per heavy atom. The molecule has 1 aromatic carbocycles. The zero-order valence-electron chi connectivity index (χ0n) is 9.89. The van der Waals surface area contributed by atoms with Crippen molar-refractivity contribution in [2.24, 2.45) is 5.84 Å². The van der Waals surface area contributed by atoms with Crippen molar-refractivity contribution in [2.45, 2.75) is 32.7 Å². The molecule has 3 N–H and O–H groups in total. The normalized spacial score (nSPS) is 12.5. The van der Waals surface area contributed by atoms with Crippen LogP contribution in [-0.4, -0.2) is 0 Å². The van der Waals surface area contributed by atoms with Gasteiger partial charge in [0.25, 0.3) is 0 Å². The lowest BCUT2D eigenvalue weighted by molar-refractivity contribution is 0.511. The summed E-state index contributed by atoms with van der Waals surface area (Å²) in [4.78, 5) is 0. The van der Waals surface area contributed by atoms with E-state index in [1.54, 1.807) is 6.07 Å². The van der Waals surface area contributed by atoms with E-state index in [9.17, 15) is 4.39 Å². The largest absolute Gasteiger partial charge is 0.271 e. The number of hydrogen-bond acceptors (Lipinski definition) is 2. The van der Waals surface area contributed by atoms with Gasteiger partial charge in [0.2, 0.25) is 0 Å². The highest BCUT2D eigenvalue weighted by molar-refractivity contribution is 5.29. The van der Waals surface area contributed by atoms with E-state index in [4.69, 9.17) is 5.84 Å². The molecule has 1 unspecified atom stereocenters. The third-order valence-corrected chi connectivity index (χ3v) is 2.67. The van der Waals surface area contributed by atoms with Crippen molar-refractivity contribution in [3.05, 3.63) is 47.3 Å². The zero-order chi connectivity index (χ0) is 12.1. The number of aryl methyl sites for hydroxylation is 1. The maximum absolute atomic E-state index is 13.0. The van der Waals surface area contributed by atoms with Crippen LogP contribution in [-0.2, 0) is 0 Å². The number of nitrogens with one attached hydrogen (secondary N) is 1. The van der Waals surface area contributed by atoms with Crippen LogP contribution in [0, 0.1) is 12.7 Å². The molecule has 1 rings (SSSR count). The van der Waals surface area contributed by atoms with Gasteiger partial charge >= 0.3 is 0 Å². The molecule has 16 heavy (non-hydrogen) atoms. The SMILES string of the molecule is C=C(C)CCC(NN)c1ccc(F)cc1C. The number of nitrogens with two attached hydrogens (primary N) is 1. The number of allylic oxidation sites excluding steroid dienone is 1. The molecular formula is C13H19FN2. The van der Waals surface area contributed by atoms with E-state index < -0.39 is 0 Å². The second-order valence-electron chi connectivity index (χ2n) is 4.22. The van der Waals surface area contributed by atoms with E-state index in [1.807, 2.05) is 13.8 Å². The fourth-order valence-corrected chi connectivity index (χ4v) is 1.75. The number of rotatable bonds is 5. The Morgan fingerprint density at radius 3 is 2.75 bits per heavy atom. The summed E-state index contributed by atoms with van der Waals surface area (Å²) in [5.74, 6) is 5.31. The molecule has 0 radical (unpaired) electrons. The molecule has 0 heterocycles. The minimum atomic E-state index is -0.211. The average molecular weight is 222 g/mol. The van der Waals surface area contributed by atoms with Crippen LogP contribution in [0.4, 0.5) is 4.39 Å². The maximum Gasteiger partial charge on any atom is 0.123 e. The van der Waals surface area contributed by atoms with E-state index in [0.717, 1.165) is 29.5 Å². The monoisotopic (exact) mass is 222 g/mol. The highest BCUT2D eigenvalue weighted by atomic mass is 19.1. The standard InChI is InChI=1S/C13H19FN2/c1-9(2)4-7-13(16-15)12-6-5-11(14)8-10(12)3/h5-6,8,13,16H,1,4,7,15H2,2-3H3. The summed E-state index contributed by atoms with van der Waals surface area (Å²) in [5.41, 5.74) is 5.86. The second kappa shape index (κ2) is 5.77. The van der Waals surface area contributed by atoms with Gasteiger partial charge in [-0.1, -0.05) is 11.6 Å². The molecule has 0 spiro atoms. The number of hydrogen-bond donors (Lipinski definition) is 2. The molecular weight excluding hydrogens is 203 g/mol. The second-order valence-corrected chi connectivity index (χ2v) is 4.22. The summed E-state index contributed by atoms with van der Waals surface area (Å²) in [6.45, 7) is 7.75. The van der Waals surface area contributed by atoms with Gasteiger partial charge in [-0.15, -0.1) is 6.58 Å². The van der Waals surface area contributed by atoms with E-state index >= 15 is 0 Å². The molecule has 1 atom stereocenters. The van der Waals surface area contributed by atoms with E-state index in [2.05, 4.69) is 12.0 Å². The van der Waals surface area contributed by atoms with Crippen molar-refractivity contribution in [3.8, 4) is 0 Å². The molecule has 0 fully saturated rings. The average Bonchev–Trinajstić information content (AvgIpc) is 2.21. The lowest BCUT2D eigenvalue weighted by Crippen LogP contribution is -2.28. The molecule has 0 amide bonds. The summed E-state index contributed by atoms with van der Waals surface area (Å²) in [5, 5.41) is 0. The summed E-state index contributed by atoms with van der Waals surface area (Å²) in [7, 11) is 0. The molecule has 0 aliphatic rings. The van der Waals surface area contributed by atoms with Crippen LogP contribution >= 0.6 is 0 Å². The van der Waals surface area contributed by atoms with Crippen molar-refractivity contribution in [1.29, 1.82) is 0 Å². The van der Waals surface area contributed by atoms with Crippen LogP contribution < -0.4 is 11.3 Å². The minimum absolute atomic E-state index is 0.0531. The molecule has 0 aromatic heterocycles. The summed E-state index contributed by atoms with van der Waals surface area (Å²) >= 11 is 0. The summed E-state index contributed by atoms with van der Waals surface area (Å²) in [6, 6.07) is 4.83. The Bertz CT molecular complexity index is 374. The Balaban J connectivity index is 2.82. The Morgan fingerprint density at radius 2 is 2.25 bits per heavy atom. The molecule has 88 valence electrons. The van der Waals surface area contributed by atoms with E-state index in [-0.39, 0.29) is 11.9 Å². The van der Waals surface area contributed by atoms with Gasteiger partial charge in [-0.05, 0) is 49.9 Å². The van der Waals surface area contributed by atoms with Crippen LogP contribution in [0.2, 0.25) is 0 Å². The van der Waals surface area contributed by atoms with Crippen LogP contribution in [0.25, 0.3) is 0 Å². The molecule has 0 saturated heterocycles. The molecule has 0 aliphatic carbocycles. The van der Waals surface area contributed by atoms with Crippen LogP contribution in [0.15, 0.2) is 30.4 Å². The van der Waals surface area contributed by atoms with E-state index in [1.165, 1.54) is 12.1 Å². The fourth-order valence-electron chi connectivity index (χ4n) is 1.75. The van der Waals surface area contributed by atoms with Crippen molar-refractivity contribution in [3.63, 3.8) is 0 Å². The quantitative estimate of drug-likeness (QED) is 0.456. The minimum Gasteiger partial charge on any atom is -0.271 e. The van der Waals surface area contributed by atoms with Crippen molar-refractivity contribution < 1.29 is 4.39 Å². The molecule has 2 nitrogen and oxygen atoms in total. The van der Waals surface area contributed by atoms with Crippen molar-refractivity contribution in [1.82, 2.24) is 5.43 Å². The number of hydrazine groups is 1. The first-order valence-corrected chi connectivity index (χ1v) is 5.41. The van der Waals surface area contributed by atoms with Crippen molar-refractivity contribution in [2.75, 3.05) is 0 Å². The van der Waals surface area contributed by atoms with Gasteiger partial charge in [0.05, 0.1) is 0 Å². The first kappa shape index (κ1) is 12.9. The molecule has 3 heteroatoms. The lowest BCUT2D eigenvalue weighted by Gasteiger charge is -2.18. The number of benzene rings is 1. The van der Waals surface area contributed by atoms with Gasteiger partial charge < -0.3 is 0 Å². The summed E-state index contributed by atoms with van der Waals surface area (Å²) < 4.78 is 13.0. The highest BCUT2D eigenvalue weighted by Gasteiger charge is 2.12. The van der Waals surface area contributed by atoms with Crippen LogP contribution in [0.3, 0.4) is 0 Å². The first-order chi connectivity index (χ1) is 7.54. The number of halogens is 1. The topological polar surface area (TPSA) is 38.0 Å². The molecule has 1 aromatic rings. The third kappa shape index (κ3) is 3.43. The van der Waals surface area contributed by atoms with E-state index in [0.29, 0.717) is 0 Å². The van der Waals surface area contributed by atoms with Gasteiger partial charge in [-0.25, -0.2) is 4.39 Å². The molecule has 0 bridgehead atoms. The molecule has 0 saturated carbocycles. The van der Waals surface area contributed by atoms with Gasteiger partial charge in [0.15, 0.2) is 0 Å². The Kier molecular flexibility index (Phi) is 4.65. The molecule has 0 aliphatic heterocycles. The fraction of sp³-hybridized carbons (Fsp3) is 0.385. The van der Waals surface area contributed by atoms with Gasteiger partial charge in [-0.3, -0.25) is 11.3 Å². The Labute approximate surface area is 96.3 Å².